The first-order chi connectivity index (χ1) is 13.0. The molecule has 0 aromatic heterocycles. The minimum Gasteiger partial charge on any atom is -0.376 e. The van der Waals surface area contributed by atoms with Crippen LogP contribution in [0.2, 0.25) is 5.02 Å². The maximum Gasteiger partial charge on any atom is 0.257 e. The molecule has 1 heterocycles. The highest BCUT2D eigenvalue weighted by Crippen LogP contribution is 2.23. The number of halogens is 1. The molecule has 27 heavy (non-hydrogen) atoms. The summed E-state index contributed by atoms with van der Waals surface area (Å²) in [7, 11) is 0. The summed E-state index contributed by atoms with van der Waals surface area (Å²) in [5.41, 5.74) is 3.38. The second kappa shape index (κ2) is 9.02. The average molecular weight is 386 g/mol. The van der Waals surface area contributed by atoms with Gasteiger partial charge in [0.05, 0.1) is 12.6 Å². The van der Waals surface area contributed by atoms with Crippen molar-refractivity contribution in [3.05, 3.63) is 64.2 Å². The van der Waals surface area contributed by atoms with E-state index >= 15 is 0 Å². The predicted octanol–water partition coefficient (Wildman–Crippen LogP) is 4.33. The van der Waals surface area contributed by atoms with Gasteiger partial charge in [0.1, 0.15) is 0 Å². The summed E-state index contributed by atoms with van der Waals surface area (Å²) in [6.45, 7) is 5.17. The van der Waals surface area contributed by atoms with E-state index in [0.717, 1.165) is 36.3 Å². The first-order valence-electron chi connectivity index (χ1n) is 9.09. The molecule has 1 aliphatic rings. The Morgan fingerprint density at radius 1 is 1.22 bits per heavy atom. The number of carbonyl (C=O) groups is 1. The van der Waals surface area contributed by atoms with Crippen molar-refractivity contribution >= 4 is 29.2 Å². The maximum atomic E-state index is 12.6. The van der Waals surface area contributed by atoms with Crippen molar-refractivity contribution in [2.24, 2.45) is 4.99 Å². The van der Waals surface area contributed by atoms with E-state index in [2.05, 4.69) is 15.6 Å². The van der Waals surface area contributed by atoms with E-state index in [1.165, 1.54) is 0 Å². The number of aliphatic imine (C=N–C) groups is 1. The summed E-state index contributed by atoms with van der Waals surface area (Å²) in [6, 6.07) is 13.0. The first-order valence-corrected chi connectivity index (χ1v) is 9.47. The number of anilines is 1. The third kappa shape index (κ3) is 5.31. The van der Waals surface area contributed by atoms with Crippen LogP contribution in [0.1, 0.15) is 34.3 Å². The minimum atomic E-state index is -0.215. The van der Waals surface area contributed by atoms with Crippen LogP contribution >= 0.6 is 11.6 Å². The Bertz CT molecular complexity index is 828. The Kier molecular flexibility index (Phi) is 6.48. The van der Waals surface area contributed by atoms with E-state index in [9.17, 15) is 4.79 Å². The molecule has 3 rings (SSSR count). The Morgan fingerprint density at radius 3 is 2.70 bits per heavy atom. The van der Waals surface area contributed by atoms with E-state index in [0.29, 0.717) is 23.1 Å². The lowest BCUT2D eigenvalue weighted by Crippen LogP contribution is -2.37. The number of nitrogens with zero attached hydrogens (tertiary/aromatic N) is 1. The van der Waals surface area contributed by atoms with E-state index in [4.69, 9.17) is 16.3 Å². The SMILES string of the molecule is Cc1ccc(C(=O)NC(=NC[C@@H]2CCCO2)Nc2cccc(Cl)c2C)cc1. The second-order valence-corrected chi connectivity index (χ2v) is 7.09. The quantitative estimate of drug-likeness (QED) is 0.608. The average Bonchev–Trinajstić information content (AvgIpc) is 3.17. The molecule has 2 N–H and O–H groups in total. The minimum absolute atomic E-state index is 0.0959. The highest BCUT2D eigenvalue weighted by molar-refractivity contribution is 6.31. The van der Waals surface area contributed by atoms with Crippen LogP contribution in [0.25, 0.3) is 0 Å². The summed E-state index contributed by atoms with van der Waals surface area (Å²) in [5.74, 6) is 0.176. The molecule has 2 aromatic rings. The molecule has 0 bridgehead atoms. The van der Waals surface area contributed by atoms with Crippen LogP contribution in [0.4, 0.5) is 5.69 Å². The fraction of sp³-hybridized carbons (Fsp3) is 0.333. The van der Waals surface area contributed by atoms with Gasteiger partial charge in [-0.2, -0.15) is 0 Å². The number of nitrogens with one attached hydrogen (secondary N) is 2. The highest BCUT2D eigenvalue weighted by atomic mass is 35.5. The van der Waals surface area contributed by atoms with Crippen LogP contribution in [0.5, 0.6) is 0 Å². The monoisotopic (exact) mass is 385 g/mol. The standard InChI is InChI=1S/C21H24ClN3O2/c1-14-8-10-16(11-9-14)20(26)25-21(23-13-17-5-4-12-27-17)24-19-7-3-6-18(22)15(19)2/h3,6-11,17H,4-5,12-13H2,1-2H3,(H2,23,24,25,26)/t17-/m0/s1. The number of carbonyl (C=O) groups excluding carboxylic acids is 1. The van der Waals surface area contributed by atoms with E-state index in [1.54, 1.807) is 12.1 Å². The van der Waals surface area contributed by atoms with Crippen molar-refractivity contribution in [1.29, 1.82) is 0 Å². The van der Waals surface area contributed by atoms with E-state index in [-0.39, 0.29) is 12.0 Å². The van der Waals surface area contributed by atoms with Gasteiger partial charge in [0.25, 0.3) is 5.91 Å². The normalized spacial score (nSPS) is 17.0. The van der Waals surface area contributed by atoms with Crippen molar-refractivity contribution in [1.82, 2.24) is 5.32 Å². The Balaban J connectivity index is 1.78. The highest BCUT2D eigenvalue weighted by Gasteiger charge is 2.16. The summed E-state index contributed by atoms with van der Waals surface area (Å²) in [5, 5.41) is 6.73. The third-order valence-electron chi connectivity index (χ3n) is 4.54. The number of amides is 1. The maximum absolute atomic E-state index is 12.6. The Hall–Kier alpha value is -2.37. The molecule has 142 valence electrons. The van der Waals surface area contributed by atoms with Crippen LogP contribution in [-0.4, -0.2) is 31.1 Å². The molecule has 1 amide bonds. The molecular formula is C21H24ClN3O2. The fourth-order valence-corrected chi connectivity index (χ4v) is 3.02. The molecule has 0 radical (unpaired) electrons. The predicted molar refractivity (Wildman–Crippen MR) is 110 cm³/mol. The smallest absolute Gasteiger partial charge is 0.257 e. The van der Waals surface area contributed by atoms with Gasteiger partial charge in [-0.1, -0.05) is 35.4 Å². The number of rotatable bonds is 4. The van der Waals surface area contributed by atoms with Gasteiger partial charge in [-0.25, -0.2) is 4.99 Å². The molecule has 6 heteroatoms. The van der Waals surface area contributed by atoms with Crippen molar-refractivity contribution in [2.45, 2.75) is 32.8 Å². The molecule has 0 saturated carbocycles. The van der Waals surface area contributed by atoms with Crippen molar-refractivity contribution < 1.29 is 9.53 Å². The molecular weight excluding hydrogens is 362 g/mol. The lowest BCUT2D eigenvalue weighted by Gasteiger charge is -2.15. The zero-order valence-electron chi connectivity index (χ0n) is 15.6. The number of benzene rings is 2. The molecule has 0 aliphatic carbocycles. The van der Waals surface area contributed by atoms with Crippen LogP contribution in [0.15, 0.2) is 47.5 Å². The lowest BCUT2D eigenvalue weighted by molar-refractivity contribution is 0.0975. The van der Waals surface area contributed by atoms with E-state index in [1.807, 2.05) is 44.2 Å². The summed E-state index contributed by atoms with van der Waals surface area (Å²) in [6.07, 6.45) is 2.13. The number of aryl methyl sites for hydroxylation is 1. The number of ether oxygens (including phenoxy) is 1. The molecule has 2 aromatic carbocycles. The fourth-order valence-electron chi connectivity index (χ4n) is 2.85. The van der Waals surface area contributed by atoms with Gasteiger partial charge in [-0.05, 0) is 56.5 Å². The zero-order valence-corrected chi connectivity index (χ0v) is 16.3. The largest absolute Gasteiger partial charge is 0.376 e. The molecule has 0 unspecified atom stereocenters. The van der Waals surface area contributed by atoms with Gasteiger partial charge < -0.3 is 10.1 Å². The summed E-state index contributed by atoms with van der Waals surface area (Å²) in [4.78, 5) is 17.2. The van der Waals surface area contributed by atoms with Gasteiger partial charge >= 0.3 is 0 Å². The van der Waals surface area contributed by atoms with Crippen molar-refractivity contribution in [3.8, 4) is 0 Å². The Morgan fingerprint density at radius 2 is 2.00 bits per heavy atom. The van der Waals surface area contributed by atoms with Gasteiger partial charge in [0, 0.05) is 22.9 Å². The lowest BCUT2D eigenvalue weighted by atomic mass is 10.1. The molecule has 1 fully saturated rings. The summed E-state index contributed by atoms with van der Waals surface area (Å²) < 4.78 is 5.63. The number of hydrogen-bond acceptors (Lipinski definition) is 3. The van der Waals surface area contributed by atoms with Gasteiger partial charge in [0.15, 0.2) is 0 Å². The second-order valence-electron chi connectivity index (χ2n) is 6.68. The van der Waals surface area contributed by atoms with Crippen molar-refractivity contribution in [2.75, 3.05) is 18.5 Å². The van der Waals surface area contributed by atoms with E-state index < -0.39 is 0 Å². The Labute approximate surface area is 164 Å². The van der Waals surface area contributed by atoms with Crippen LogP contribution in [-0.2, 0) is 4.74 Å². The molecule has 5 nitrogen and oxygen atoms in total. The zero-order chi connectivity index (χ0) is 19.2. The van der Waals surface area contributed by atoms with Crippen LogP contribution < -0.4 is 10.6 Å². The van der Waals surface area contributed by atoms with Gasteiger partial charge in [-0.3, -0.25) is 10.1 Å². The van der Waals surface area contributed by atoms with Gasteiger partial charge in [-0.15, -0.1) is 0 Å². The van der Waals surface area contributed by atoms with Crippen molar-refractivity contribution in [3.63, 3.8) is 0 Å². The molecule has 0 spiro atoms. The topological polar surface area (TPSA) is 62.7 Å². The summed E-state index contributed by atoms with van der Waals surface area (Å²) >= 11 is 6.21. The molecule has 1 saturated heterocycles. The molecule has 1 atom stereocenters. The first kappa shape index (κ1) is 19.4. The van der Waals surface area contributed by atoms with Crippen LogP contribution in [0.3, 0.4) is 0 Å². The molecule has 1 aliphatic heterocycles. The van der Waals surface area contributed by atoms with Crippen LogP contribution in [0, 0.1) is 13.8 Å². The third-order valence-corrected chi connectivity index (χ3v) is 4.95. The number of hydrogen-bond donors (Lipinski definition) is 2. The van der Waals surface area contributed by atoms with Gasteiger partial charge in [0.2, 0.25) is 5.96 Å². The number of guanidine groups is 1.